The van der Waals surface area contributed by atoms with Crippen molar-refractivity contribution in [2.45, 2.75) is 12.7 Å². The molecule has 0 atom stereocenters. The first kappa shape index (κ1) is 16.9. The van der Waals surface area contributed by atoms with Crippen LogP contribution in [0.3, 0.4) is 0 Å². The van der Waals surface area contributed by atoms with Gasteiger partial charge in [0.1, 0.15) is 0 Å². The van der Waals surface area contributed by atoms with Crippen LogP contribution in [0, 0.1) is 0 Å². The van der Waals surface area contributed by atoms with Crippen LogP contribution in [0.5, 0.6) is 0 Å². The highest BCUT2D eigenvalue weighted by molar-refractivity contribution is 7.90. The van der Waals surface area contributed by atoms with E-state index in [0.29, 0.717) is 11.3 Å². The van der Waals surface area contributed by atoms with E-state index < -0.39 is 20.0 Å². The second-order valence-electron chi connectivity index (χ2n) is 4.21. The molecule has 7 nitrogen and oxygen atoms in total. The Balaban J connectivity index is 2.52. The molecule has 114 valence electrons. The first-order valence-corrected chi connectivity index (χ1v) is 9.33. The molecule has 0 fully saturated rings. The maximum atomic E-state index is 11.8. The Kier molecular flexibility index (Phi) is 5.93. The molecule has 1 aromatic rings. The van der Waals surface area contributed by atoms with Crippen molar-refractivity contribution in [3.05, 3.63) is 29.8 Å². The molecular weight excluding hydrogens is 302 g/mol. The molecule has 0 aliphatic carbocycles. The van der Waals surface area contributed by atoms with Crippen molar-refractivity contribution in [1.82, 2.24) is 9.44 Å². The van der Waals surface area contributed by atoms with Crippen molar-refractivity contribution in [1.29, 1.82) is 0 Å². The number of rotatable bonds is 8. The summed E-state index contributed by atoms with van der Waals surface area (Å²) >= 11 is 0. The van der Waals surface area contributed by atoms with Crippen LogP contribution < -0.4 is 15.2 Å². The Morgan fingerprint density at radius 3 is 2.15 bits per heavy atom. The Hall–Kier alpha value is -1.16. The molecule has 0 spiro atoms. The lowest BCUT2D eigenvalue weighted by Gasteiger charge is -2.08. The van der Waals surface area contributed by atoms with Gasteiger partial charge in [0, 0.05) is 18.8 Å². The molecule has 4 N–H and O–H groups in total. The lowest BCUT2D eigenvalue weighted by atomic mass is 10.2. The fourth-order valence-corrected chi connectivity index (χ4v) is 3.74. The zero-order valence-corrected chi connectivity index (χ0v) is 12.8. The van der Waals surface area contributed by atoms with E-state index in [-0.39, 0.29) is 24.6 Å². The summed E-state index contributed by atoms with van der Waals surface area (Å²) in [5.74, 6) is -0.504. The monoisotopic (exact) mass is 321 g/mol. The van der Waals surface area contributed by atoms with E-state index in [1.165, 1.54) is 0 Å². The largest absolute Gasteiger partial charge is 0.399 e. The van der Waals surface area contributed by atoms with Crippen molar-refractivity contribution >= 4 is 25.7 Å². The summed E-state index contributed by atoms with van der Waals surface area (Å²) in [5.41, 5.74) is 6.64. The molecule has 0 unspecified atom stereocenters. The summed E-state index contributed by atoms with van der Waals surface area (Å²) in [4.78, 5) is 0. The summed E-state index contributed by atoms with van der Waals surface area (Å²) < 4.78 is 50.8. The molecule has 0 saturated heterocycles. The van der Waals surface area contributed by atoms with Crippen molar-refractivity contribution in [2.24, 2.45) is 0 Å². The van der Waals surface area contributed by atoms with Gasteiger partial charge >= 0.3 is 0 Å². The molecule has 9 heteroatoms. The predicted molar refractivity (Wildman–Crippen MR) is 78.9 cm³/mol. The lowest BCUT2D eigenvalue weighted by molar-refractivity contribution is 0.576. The van der Waals surface area contributed by atoms with E-state index in [2.05, 4.69) is 9.44 Å². The zero-order valence-electron chi connectivity index (χ0n) is 11.2. The quantitative estimate of drug-likeness (QED) is 0.564. The van der Waals surface area contributed by atoms with Crippen LogP contribution >= 0.6 is 0 Å². The third-order valence-electron chi connectivity index (χ3n) is 2.39. The Bertz CT molecular complexity index is 624. The molecule has 0 radical (unpaired) electrons. The van der Waals surface area contributed by atoms with Crippen LogP contribution in [0.1, 0.15) is 12.5 Å². The van der Waals surface area contributed by atoms with E-state index in [1.807, 2.05) is 0 Å². The third kappa shape index (κ3) is 6.33. The van der Waals surface area contributed by atoms with Gasteiger partial charge in [0.25, 0.3) is 0 Å². The Labute approximate surface area is 119 Å². The minimum absolute atomic E-state index is 0.160. The molecular formula is C11H19N3O4S2. The molecule has 1 rings (SSSR count). The van der Waals surface area contributed by atoms with E-state index in [9.17, 15) is 16.8 Å². The molecule has 0 aromatic heterocycles. The zero-order chi connectivity index (χ0) is 15.2. The van der Waals surface area contributed by atoms with Crippen LogP contribution in [-0.4, -0.2) is 35.7 Å². The number of hydrogen-bond acceptors (Lipinski definition) is 5. The van der Waals surface area contributed by atoms with Gasteiger partial charge in [0.2, 0.25) is 20.0 Å². The first-order chi connectivity index (χ1) is 9.24. The van der Waals surface area contributed by atoms with Crippen LogP contribution in [-0.2, 0) is 25.8 Å². The highest BCUT2D eigenvalue weighted by Gasteiger charge is 2.14. The normalized spacial score (nSPS) is 12.4. The highest BCUT2D eigenvalue weighted by atomic mass is 32.2. The minimum Gasteiger partial charge on any atom is -0.399 e. The number of anilines is 1. The van der Waals surface area contributed by atoms with Gasteiger partial charge in [0.05, 0.1) is 11.5 Å². The summed E-state index contributed by atoms with van der Waals surface area (Å²) in [6, 6.07) is 6.45. The fourth-order valence-electron chi connectivity index (χ4n) is 1.51. The second kappa shape index (κ2) is 7.02. The van der Waals surface area contributed by atoms with Gasteiger partial charge in [-0.3, -0.25) is 0 Å². The van der Waals surface area contributed by atoms with Gasteiger partial charge in [-0.15, -0.1) is 0 Å². The van der Waals surface area contributed by atoms with Crippen LogP contribution in [0.2, 0.25) is 0 Å². The standard InChI is InChI=1S/C11H19N3O4S2/c1-2-13-19(15,16)8-7-14-20(17,18)9-10-3-5-11(12)6-4-10/h3-6,13-14H,2,7-9,12H2,1H3. The van der Waals surface area contributed by atoms with E-state index in [0.717, 1.165) is 0 Å². The number of sulfonamides is 2. The van der Waals surface area contributed by atoms with Crippen LogP contribution in [0.15, 0.2) is 24.3 Å². The van der Waals surface area contributed by atoms with Gasteiger partial charge in [-0.05, 0) is 17.7 Å². The van der Waals surface area contributed by atoms with Crippen molar-refractivity contribution in [2.75, 3.05) is 24.6 Å². The summed E-state index contributed by atoms with van der Waals surface area (Å²) in [5, 5.41) is 0. The molecule has 1 aromatic carbocycles. The van der Waals surface area contributed by atoms with Crippen LogP contribution in [0.25, 0.3) is 0 Å². The molecule has 0 bridgehead atoms. The number of hydrogen-bond donors (Lipinski definition) is 3. The molecule has 0 heterocycles. The second-order valence-corrected chi connectivity index (χ2v) is 7.95. The van der Waals surface area contributed by atoms with Crippen molar-refractivity contribution < 1.29 is 16.8 Å². The first-order valence-electron chi connectivity index (χ1n) is 6.03. The van der Waals surface area contributed by atoms with E-state index >= 15 is 0 Å². The third-order valence-corrected chi connectivity index (χ3v) is 5.22. The van der Waals surface area contributed by atoms with Crippen molar-refractivity contribution in [3.8, 4) is 0 Å². The van der Waals surface area contributed by atoms with Crippen LogP contribution in [0.4, 0.5) is 5.69 Å². The molecule has 0 aliphatic rings. The van der Waals surface area contributed by atoms with Crippen molar-refractivity contribution in [3.63, 3.8) is 0 Å². The number of benzene rings is 1. The smallest absolute Gasteiger partial charge is 0.215 e. The minimum atomic E-state index is -3.57. The average Bonchev–Trinajstić information content (AvgIpc) is 2.31. The molecule has 0 aliphatic heterocycles. The van der Waals surface area contributed by atoms with Gasteiger partial charge in [-0.25, -0.2) is 26.3 Å². The maximum Gasteiger partial charge on any atom is 0.215 e. The fraction of sp³-hybridized carbons (Fsp3) is 0.455. The Morgan fingerprint density at radius 1 is 1.00 bits per heavy atom. The lowest BCUT2D eigenvalue weighted by Crippen LogP contribution is -2.34. The summed E-state index contributed by atoms with van der Waals surface area (Å²) in [6.45, 7) is 1.77. The van der Waals surface area contributed by atoms with Gasteiger partial charge < -0.3 is 5.73 Å². The van der Waals surface area contributed by atoms with Gasteiger partial charge in [0.15, 0.2) is 0 Å². The maximum absolute atomic E-state index is 11.8. The van der Waals surface area contributed by atoms with Gasteiger partial charge in [-0.1, -0.05) is 19.1 Å². The number of nitrogen functional groups attached to an aromatic ring is 1. The summed E-state index contributed by atoms with van der Waals surface area (Å²) in [6.07, 6.45) is 0. The number of nitrogens with two attached hydrogens (primary N) is 1. The topological polar surface area (TPSA) is 118 Å². The molecule has 20 heavy (non-hydrogen) atoms. The highest BCUT2D eigenvalue weighted by Crippen LogP contribution is 2.08. The Morgan fingerprint density at radius 2 is 1.60 bits per heavy atom. The summed E-state index contributed by atoms with van der Waals surface area (Å²) in [7, 11) is -6.99. The predicted octanol–water partition coefficient (Wildman–Crippen LogP) is -0.372. The SMILES string of the molecule is CCNS(=O)(=O)CCNS(=O)(=O)Cc1ccc(N)cc1. The van der Waals surface area contributed by atoms with E-state index in [1.54, 1.807) is 31.2 Å². The molecule has 0 amide bonds. The van der Waals surface area contributed by atoms with E-state index in [4.69, 9.17) is 5.73 Å². The molecule has 0 saturated carbocycles. The number of nitrogens with one attached hydrogen (secondary N) is 2. The average molecular weight is 321 g/mol. The van der Waals surface area contributed by atoms with Gasteiger partial charge in [-0.2, -0.15) is 0 Å².